The molecule has 4 nitrogen and oxygen atoms in total. The Morgan fingerprint density at radius 1 is 1.19 bits per heavy atom. The molecule has 0 saturated carbocycles. The van der Waals surface area contributed by atoms with Gasteiger partial charge in [0.15, 0.2) is 6.10 Å². The van der Waals surface area contributed by atoms with Crippen molar-refractivity contribution in [1.82, 2.24) is 4.98 Å². The van der Waals surface area contributed by atoms with Crippen LogP contribution in [0.3, 0.4) is 0 Å². The van der Waals surface area contributed by atoms with E-state index >= 15 is 0 Å². The molecule has 0 bridgehead atoms. The summed E-state index contributed by atoms with van der Waals surface area (Å²) in [5.74, 6) is -0.588. The maximum absolute atomic E-state index is 12.6. The van der Waals surface area contributed by atoms with E-state index < -0.39 is 12.1 Å². The number of rotatable bonds is 6. The largest absolute Gasteiger partial charge is 0.454 e. The summed E-state index contributed by atoms with van der Waals surface area (Å²) in [5, 5.41) is 6.78. The van der Waals surface area contributed by atoms with Crippen molar-refractivity contribution < 1.29 is 14.3 Å². The third kappa shape index (κ3) is 4.01. The Labute approximate surface area is 165 Å². The predicted octanol–water partition coefficient (Wildman–Crippen LogP) is 4.72. The first-order valence-electron chi connectivity index (χ1n) is 8.92. The predicted molar refractivity (Wildman–Crippen MR) is 107 cm³/mol. The molecule has 0 aliphatic heterocycles. The number of aromatic nitrogens is 1. The van der Waals surface area contributed by atoms with E-state index in [4.69, 9.17) is 4.74 Å². The molecule has 3 aromatic rings. The number of nitrogens with zero attached hydrogens (tertiary/aromatic N) is 1. The van der Waals surface area contributed by atoms with E-state index in [1.165, 1.54) is 22.5 Å². The van der Waals surface area contributed by atoms with Crippen molar-refractivity contribution in [2.45, 2.75) is 38.7 Å². The zero-order valence-corrected chi connectivity index (χ0v) is 16.6. The van der Waals surface area contributed by atoms with Crippen LogP contribution in [0.2, 0.25) is 0 Å². The molecule has 6 heteroatoms. The normalized spacial score (nSPS) is 14.0. The van der Waals surface area contributed by atoms with Crippen LogP contribution < -0.4 is 0 Å². The van der Waals surface area contributed by atoms with Gasteiger partial charge in [-0.1, -0.05) is 12.1 Å². The number of hydrogen-bond acceptors (Lipinski definition) is 6. The van der Waals surface area contributed by atoms with Gasteiger partial charge < -0.3 is 4.74 Å². The Hall–Kier alpha value is -2.31. The summed E-state index contributed by atoms with van der Waals surface area (Å²) >= 11 is 3.12. The minimum Gasteiger partial charge on any atom is -0.454 e. The molecule has 2 aromatic heterocycles. The Morgan fingerprint density at radius 3 is 2.85 bits per heavy atom. The summed E-state index contributed by atoms with van der Waals surface area (Å²) in [6.07, 6.45) is 2.50. The zero-order valence-electron chi connectivity index (χ0n) is 14.9. The van der Waals surface area contributed by atoms with E-state index in [0.29, 0.717) is 11.3 Å². The van der Waals surface area contributed by atoms with Gasteiger partial charge in [-0.15, -0.1) is 11.3 Å². The Bertz CT molecular complexity index is 975. The molecule has 138 valence electrons. The summed E-state index contributed by atoms with van der Waals surface area (Å²) in [5.41, 5.74) is 4.90. The highest BCUT2D eigenvalue weighted by molar-refractivity contribution is 7.14. The molecule has 1 aromatic carbocycles. The summed E-state index contributed by atoms with van der Waals surface area (Å²) in [7, 11) is 0. The van der Waals surface area contributed by atoms with Crippen LogP contribution in [-0.4, -0.2) is 22.8 Å². The quantitative estimate of drug-likeness (QED) is 0.446. The van der Waals surface area contributed by atoms with E-state index in [1.54, 1.807) is 18.3 Å². The van der Waals surface area contributed by atoms with Gasteiger partial charge in [-0.25, -0.2) is 4.98 Å². The van der Waals surface area contributed by atoms with Crippen molar-refractivity contribution in [3.63, 3.8) is 0 Å². The van der Waals surface area contributed by atoms with Gasteiger partial charge in [-0.2, -0.15) is 11.3 Å². The van der Waals surface area contributed by atoms with Gasteiger partial charge >= 0.3 is 5.97 Å². The lowest BCUT2D eigenvalue weighted by Crippen LogP contribution is -2.25. The van der Waals surface area contributed by atoms with Crippen molar-refractivity contribution >= 4 is 34.4 Å². The van der Waals surface area contributed by atoms with Crippen LogP contribution in [0.4, 0.5) is 0 Å². The lowest BCUT2D eigenvalue weighted by molar-refractivity contribution is -0.145. The van der Waals surface area contributed by atoms with Crippen LogP contribution in [0, 0.1) is 0 Å². The topological polar surface area (TPSA) is 56.3 Å². The molecule has 0 fully saturated rings. The van der Waals surface area contributed by atoms with Gasteiger partial charge in [-0.05, 0) is 54.8 Å². The molecule has 0 N–H and O–H groups in total. The summed E-state index contributed by atoms with van der Waals surface area (Å²) in [6.45, 7) is 1.63. The van der Waals surface area contributed by atoms with E-state index in [9.17, 15) is 9.59 Å². The molecule has 1 aliphatic carbocycles. The molecule has 1 aliphatic rings. The number of fused-ring (bicyclic) bond motifs is 1. The minimum atomic E-state index is -0.799. The molecule has 0 radical (unpaired) electrons. The number of carbonyl (C=O) groups is 2. The second kappa shape index (κ2) is 7.74. The highest BCUT2D eigenvalue weighted by atomic mass is 32.1. The molecular formula is C21H19NO3S2. The molecule has 0 saturated heterocycles. The number of ketones is 1. The van der Waals surface area contributed by atoms with E-state index in [2.05, 4.69) is 4.98 Å². The lowest BCUT2D eigenvalue weighted by Gasteiger charge is -2.13. The second-order valence-electron chi connectivity index (χ2n) is 6.67. The Morgan fingerprint density at radius 2 is 2.04 bits per heavy atom. The fourth-order valence-electron chi connectivity index (χ4n) is 3.31. The molecular weight excluding hydrogens is 378 g/mol. The van der Waals surface area contributed by atoms with Crippen LogP contribution in [0.25, 0.3) is 10.6 Å². The number of thiophene rings is 1. The number of Topliss-reactive ketones (excluding diaryl/α,β-unsaturated/α-hetero) is 1. The van der Waals surface area contributed by atoms with E-state index in [0.717, 1.165) is 29.8 Å². The van der Waals surface area contributed by atoms with Gasteiger partial charge in [0.05, 0.1) is 12.1 Å². The standard InChI is InChI=1S/C21H19NO3S2/c1-13(20(24)16-6-5-14-3-2-4-15(14)9-16)25-19(23)10-18-12-27-21(22-18)17-7-8-26-11-17/h5-9,11-13H,2-4,10H2,1H3/t13-/m1/s1. The molecule has 0 amide bonds. The zero-order chi connectivity index (χ0) is 18.8. The van der Waals surface area contributed by atoms with Crippen molar-refractivity contribution in [3.05, 3.63) is 62.8 Å². The molecule has 0 spiro atoms. The maximum Gasteiger partial charge on any atom is 0.312 e. The summed E-state index contributed by atoms with van der Waals surface area (Å²) in [6, 6.07) is 7.81. The van der Waals surface area contributed by atoms with E-state index in [1.807, 2.05) is 40.4 Å². The number of benzene rings is 1. The number of esters is 1. The Balaban J connectivity index is 1.37. The Kier molecular flexibility index (Phi) is 5.18. The number of aryl methyl sites for hydroxylation is 2. The summed E-state index contributed by atoms with van der Waals surface area (Å²) < 4.78 is 5.37. The smallest absolute Gasteiger partial charge is 0.312 e. The van der Waals surface area contributed by atoms with Crippen LogP contribution in [0.15, 0.2) is 40.4 Å². The van der Waals surface area contributed by atoms with Crippen molar-refractivity contribution in [1.29, 1.82) is 0 Å². The van der Waals surface area contributed by atoms with Crippen LogP contribution in [0.5, 0.6) is 0 Å². The fourth-order valence-corrected chi connectivity index (χ4v) is 4.84. The third-order valence-corrected chi connectivity index (χ3v) is 6.33. The maximum atomic E-state index is 12.6. The van der Waals surface area contributed by atoms with Crippen molar-refractivity contribution in [2.24, 2.45) is 0 Å². The van der Waals surface area contributed by atoms with Gasteiger partial charge in [0.1, 0.15) is 5.01 Å². The first kappa shape index (κ1) is 18.1. The second-order valence-corrected chi connectivity index (χ2v) is 8.30. The lowest BCUT2D eigenvalue weighted by atomic mass is 10.0. The van der Waals surface area contributed by atoms with Gasteiger partial charge in [0, 0.05) is 21.9 Å². The molecule has 2 heterocycles. The average molecular weight is 398 g/mol. The van der Waals surface area contributed by atoms with Crippen LogP contribution in [-0.2, 0) is 28.8 Å². The minimum absolute atomic E-state index is 0.0719. The first-order chi connectivity index (χ1) is 13.1. The first-order valence-corrected chi connectivity index (χ1v) is 10.7. The number of hydrogen-bond donors (Lipinski definition) is 0. The van der Waals surface area contributed by atoms with Gasteiger partial charge in [-0.3, -0.25) is 9.59 Å². The van der Waals surface area contributed by atoms with Crippen molar-refractivity contribution in [2.75, 3.05) is 0 Å². The van der Waals surface area contributed by atoms with Gasteiger partial charge in [0.25, 0.3) is 0 Å². The van der Waals surface area contributed by atoms with Crippen LogP contribution >= 0.6 is 22.7 Å². The number of carbonyl (C=O) groups excluding carboxylic acids is 2. The van der Waals surface area contributed by atoms with Crippen LogP contribution in [0.1, 0.15) is 40.5 Å². The number of ether oxygens (including phenoxy) is 1. The molecule has 27 heavy (non-hydrogen) atoms. The molecule has 1 atom stereocenters. The third-order valence-electron chi connectivity index (χ3n) is 4.71. The molecule has 4 rings (SSSR count). The average Bonchev–Trinajstić information content (AvgIpc) is 3.40. The monoisotopic (exact) mass is 397 g/mol. The SMILES string of the molecule is C[C@@H](OC(=O)Cc1csc(-c2ccsc2)n1)C(=O)c1ccc2c(c1)CCC2. The summed E-state index contributed by atoms with van der Waals surface area (Å²) in [4.78, 5) is 29.3. The fraction of sp³-hybridized carbons (Fsp3) is 0.286. The van der Waals surface area contributed by atoms with Gasteiger partial charge in [0.2, 0.25) is 5.78 Å². The highest BCUT2D eigenvalue weighted by Gasteiger charge is 2.22. The molecule has 0 unspecified atom stereocenters. The highest BCUT2D eigenvalue weighted by Crippen LogP contribution is 2.26. The van der Waals surface area contributed by atoms with E-state index in [-0.39, 0.29) is 12.2 Å². The van der Waals surface area contributed by atoms with Crippen molar-refractivity contribution in [3.8, 4) is 10.6 Å². The number of thiazole rings is 1.